The Hall–Kier alpha value is -3.08. The van der Waals surface area contributed by atoms with Crippen LogP contribution in [0.5, 0.6) is 5.75 Å². The predicted octanol–water partition coefficient (Wildman–Crippen LogP) is 4.26. The van der Waals surface area contributed by atoms with Gasteiger partial charge in [-0.15, -0.1) is 10.2 Å². The molecule has 2 heterocycles. The van der Waals surface area contributed by atoms with Gasteiger partial charge in [-0.25, -0.2) is 9.97 Å². The first-order valence-electron chi connectivity index (χ1n) is 6.40. The number of hydrogen-bond donors (Lipinski definition) is 1. The lowest BCUT2D eigenvalue weighted by molar-refractivity contribution is 0.475. The molecule has 0 saturated carbocycles. The summed E-state index contributed by atoms with van der Waals surface area (Å²) in [6, 6.07) is 16.1. The number of aromatic nitrogens is 2. The van der Waals surface area contributed by atoms with Crippen molar-refractivity contribution in [1.29, 1.82) is 0 Å². The van der Waals surface area contributed by atoms with Crippen molar-refractivity contribution in [2.45, 2.75) is 0 Å². The molecule has 0 atom stereocenters. The van der Waals surface area contributed by atoms with Crippen molar-refractivity contribution in [1.82, 2.24) is 9.97 Å². The molecule has 0 radical (unpaired) electrons. The van der Waals surface area contributed by atoms with Crippen molar-refractivity contribution in [3.8, 4) is 16.9 Å². The average molecular weight is 276 g/mol. The Balaban J connectivity index is 1.96. The topological polar surface area (TPSA) is 70.7 Å². The van der Waals surface area contributed by atoms with Gasteiger partial charge in [0.1, 0.15) is 5.75 Å². The summed E-state index contributed by atoms with van der Waals surface area (Å²) < 4.78 is 0. The maximum Gasteiger partial charge on any atom is 0.182 e. The highest BCUT2D eigenvalue weighted by molar-refractivity contribution is 5.73. The molecule has 5 heteroatoms. The zero-order valence-electron chi connectivity index (χ0n) is 11.1. The monoisotopic (exact) mass is 276 g/mol. The van der Waals surface area contributed by atoms with Crippen LogP contribution in [0.25, 0.3) is 11.1 Å². The second-order valence-corrected chi connectivity index (χ2v) is 4.31. The van der Waals surface area contributed by atoms with E-state index in [1.165, 1.54) is 0 Å². The summed E-state index contributed by atoms with van der Waals surface area (Å²) in [7, 11) is 0. The van der Waals surface area contributed by atoms with E-state index in [0.717, 1.165) is 11.1 Å². The number of aromatic hydroxyl groups is 1. The first-order valence-corrected chi connectivity index (χ1v) is 6.40. The van der Waals surface area contributed by atoms with Gasteiger partial charge in [0.05, 0.1) is 0 Å². The lowest BCUT2D eigenvalue weighted by Gasteiger charge is -2.04. The number of azo groups is 1. The van der Waals surface area contributed by atoms with Crippen LogP contribution < -0.4 is 0 Å². The van der Waals surface area contributed by atoms with E-state index in [4.69, 9.17) is 0 Å². The van der Waals surface area contributed by atoms with Crippen molar-refractivity contribution in [3.05, 3.63) is 67.0 Å². The number of nitrogens with zero attached hydrogens (tertiary/aromatic N) is 4. The fourth-order valence-electron chi connectivity index (χ4n) is 1.85. The molecule has 0 aliphatic rings. The Kier molecular flexibility index (Phi) is 3.64. The second-order valence-electron chi connectivity index (χ2n) is 4.31. The van der Waals surface area contributed by atoms with E-state index < -0.39 is 0 Å². The Morgan fingerprint density at radius 2 is 1.57 bits per heavy atom. The molecule has 0 unspecified atom stereocenters. The third kappa shape index (κ3) is 3.09. The van der Waals surface area contributed by atoms with Crippen molar-refractivity contribution < 1.29 is 5.11 Å². The van der Waals surface area contributed by atoms with Crippen molar-refractivity contribution >= 4 is 11.6 Å². The van der Waals surface area contributed by atoms with Crippen LogP contribution >= 0.6 is 0 Å². The first kappa shape index (κ1) is 12.9. The molecule has 1 N–H and O–H groups in total. The summed E-state index contributed by atoms with van der Waals surface area (Å²) in [4.78, 5) is 8.33. The van der Waals surface area contributed by atoms with Gasteiger partial charge in [0.2, 0.25) is 0 Å². The summed E-state index contributed by atoms with van der Waals surface area (Å²) >= 11 is 0. The first-order chi connectivity index (χ1) is 10.3. The summed E-state index contributed by atoms with van der Waals surface area (Å²) in [5, 5.41) is 17.6. The molecular formula is C16H12N4O. The predicted molar refractivity (Wildman–Crippen MR) is 79.8 cm³/mol. The number of phenols is 1. The minimum atomic E-state index is 0.222. The molecule has 102 valence electrons. The molecule has 5 nitrogen and oxygen atoms in total. The second kappa shape index (κ2) is 5.92. The summed E-state index contributed by atoms with van der Waals surface area (Å²) in [6.45, 7) is 0. The van der Waals surface area contributed by atoms with Crippen LogP contribution in [0.3, 0.4) is 0 Å². The molecule has 0 spiro atoms. The molecule has 21 heavy (non-hydrogen) atoms. The van der Waals surface area contributed by atoms with E-state index in [1.54, 1.807) is 30.6 Å². The number of hydrogen-bond acceptors (Lipinski definition) is 5. The quantitative estimate of drug-likeness (QED) is 0.726. The maximum absolute atomic E-state index is 9.36. The maximum atomic E-state index is 9.36. The van der Waals surface area contributed by atoms with Crippen molar-refractivity contribution in [3.63, 3.8) is 0 Å². The minimum absolute atomic E-state index is 0.222. The molecule has 0 fully saturated rings. The molecule has 0 bridgehead atoms. The third-order valence-corrected chi connectivity index (χ3v) is 2.86. The van der Waals surface area contributed by atoms with Gasteiger partial charge in [-0.05, 0) is 42.0 Å². The number of benzene rings is 1. The van der Waals surface area contributed by atoms with E-state index in [2.05, 4.69) is 20.2 Å². The summed E-state index contributed by atoms with van der Waals surface area (Å²) in [5.74, 6) is 1.26. The fourth-order valence-corrected chi connectivity index (χ4v) is 1.85. The lowest BCUT2D eigenvalue weighted by atomic mass is 10.1. The van der Waals surface area contributed by atoms with Gasteiger partial charge in [0.25, 0.3) is 0 Å². The highest BCUT2D eigenvalue weighted by atomic mass is 16.3. The number of pyridine rings is 2. The summed E-state index contributed by atoms with van der Waals surface area (Å²) in [5.41, 5.74) is 1.76. The van der Waals surface area contributed by atoms with Crippen LogP contribution in [-0.4, -0.2) is 15.1 Å². The Morgan fingerprint density at radius 3 is 2.33 bits per heavy atom. The minimum Gasteiger partial charge on any atom is -0.508 e. The Labute approximate surface area is 121 Å². The standard InChI is InChI=1S/C16H12N4O/c21-13-8-6-12(7-9-13)14-4-3-11-18-16(14)20-19-15-5-1-2-10-17-15/h1-11,21H. The largest absolute Gasteiger partial charge is 0.508 e. The highest BCUT2D eigenvalue weighted by Crippen LogP contribution is 2.29. The average Bonchev–Trinajstić information content (AvgIpc) is 2.55. The normalized spacial score (nSPS) is 10.9. The smallest absolute Gasteiger partial charge is 0.182 e. The van der Waals surface area contributed by atoms with Crippen LogP contribution in [0.2, 0.25) is 0 Å². The molecule has 0 saturated heterocycles. The van der Waals surface area contributed by atoms with E-state index in [1.807, 2.05) is 36.4 Å². The van der Waals surface area contributed by atoms with E-state index in [-0.39, 0.29) is 5.75 Å². The van der Waals surface area contributed by atoms with Gasteiger partial charge < -0.3 is 5.11 Å². The Morgan fingerprint density at radius 1 is 0.762 bits per heavy atom. The molecule has 3 rings (SSSR count). The van der Waals surface area contributed by atoms with Gasteiger partial charge in [-0.1, -0.05) is 18.2 Å². The highest BCUT2D eigenvalue weighted by Gasteiger charge is 2.05. The van der Waals surface area contributed by atoms with Gasteiger partial charge in [-0.3, -0.25) is 0 Å². The van der Waals surface area contributed by atoms with Crippen molar-refractivity contribution in [2.75, 3.05) is 0 Å². The van der Waals surface area contributed by atoms with Gasteiger partial charge >= 0.3 is 0 Å². The van der Waals surface area contributed by atoms with Crippen LogP contribution in [0.1, 0.15) is 0 Å². The number of rotatable bonds is 3. The third-order valence-electron chi connectivity index (χ3n) is 2.86. The Bertz CT molecular complexity index is 755. The van der Waals surface area contributed by atoms with E-state index in [9.17, 15) is 5.11 Å². The molecule has 0 aliphatic carbocycles. The fraction of sp³-hybridized carbons (Fsp3) is 0. The van der Waals surface area contributed by atoms with Crippen LogP contribution in [-0.2, 0) is 0 Å². The van der Waals surface area contributed by atoms with Gasteiger partial charge in [0, 0.05) is 18.0 Å². The zero-order chi connectivity index (χ0) is 14.5. The van der Waals surface area contributed by atoms with Crippen LogP contribution in [0, 0.1) is 0 Å². The zero-order valence-corrected chi connectivity index (χ0v) is 11.1. The molecule has 0 aliphatic heterocycles. The molecule has 3 aromatic rings. The van der Waals surface area contributed by atoms with E-state index in [0.29, 0.717) is 11.6 Å². The van der Waals surface area contributed by atoms with Crippen LogP contribution in [0.4, 0.5) is 11.6 Å². The SMILES string of the molecule is Oc1ccc(-c2cccnc2N=Nc2ccccn2)cc1. The van der Waals surface area contributed by atoms with Crippen LogP contribution in [0.15, 0.2) is 77.2 Å². The van der Waals surface area contributed by atoms with E-state index >= 15 is 0 Å². The molecule has 0 amide bonds. The molecule has 1 aromatic carbocycles. The lowest BCUT2D eigenvalue weighted by Crippen LogP contribution is -1.81. The number of phenolic OH excluding ortho intramolecular Hbond substituents is 1. The summed E-state index contributed by atoms with van der Waals surface area (Å²) in [6.07, 6.45) is 3.32. The van der Waals surface area contributed by atoms with Crippen molar-refractivity contribution in [2.24, 2.45) is 10.2 Å². The molecule has 2 aromatic heterocycles. The van der Waals surface area contributed by atoms with Gasteiger partial charge in [-0.2, -0.15) is 0 Å². The van der Waals surface area contributed by atoms with Gasteiger partial charge in [0.15, 0.2) is 11.6 Å². The molecular weight excluding hydrogens is 264 g/mol.